The first-order valence-corrected chi connectivity index (χ1v) is 9.39. The van der Waals surface area contributed by atoms with Crippen molar-refractivity contribution in [3.63, 3.8) is 0 Å². The second kappa shape index (κ2) is 6.92. The SMILES string of the molecule is CC1CC(C)CN(C(=O)CSc2nc3c(cc2C#N)CCC3)C1. The molecule has 0 bridgehead atoms. The molecule has 0 radical (unpaired) electrons. The summed E-state index contributed by atoms with van der Waals surface area (Å²) in [5, 5.41) is 10.1. The highest BCUT2D eigenvalue weighted by Crippen LogP contribution is 2.28. The smallest absolute Gasteiger partial charge is 0.233 e. The normalized spacial score (nSPS) is 23.4. The van der Waals surface area contributed by atoms with Crippen LogP contribution in [0.2, 0.25) is 0 Å². The summed E-state index contributed by atoms with van der Waals surface area (Å²) in [6, 6.07) is 4.20. The van der Waals surface area contributed by atoms with Crippen molar-refractivity contribution in [2.45, 2.75) is 44.6 Å². The molecule has 0 spiro atoms. The van der Waals surface area contributed by atoms with Crippen molar-refractivity contribution in [2.75, 3.05) is 18.8 Å². The summed E-state index contributed by atoms with van der Waals surface area (Å²) in [6.07, 6.45) is 4.32. The van der Waals surface area contributed by atoms with Crippen molar-refractivity contribution in [3.8, 4) is 6.07 Å². The molecule has 5 heteroatoms. The van der Waals surface area contributed by atoms with Gasteiger partial charge in [0.2, 0.25) is 5.91 Å². The fourth-order valence-corrected chi connectivity index (χ4v) is 4.61. The van der Waals surface area contributed by atoms with Gasteiger partial charge in [0, 0.05) is 18.8 Å². The van der Waals surface area contributed by atoms with Crippen LogP contribution in [0.1, 0.15) is 43.5 Å². The molecule has 4 nitrogen and oxygen atoms in total. The van der Waals surface area contributed by atoms with Crippen LogP contribution in [-0.2, 0) is 17.6 Å². The Bertz CT molecular complexity index is 642. The van der Waals surface area contributed by atoms with E-state index in [1.165, 1.54) is 23.7 Å². The molecule has 23 heavy (non-hydrogen) atoms. The van der Waals surface area contributed by atoms with Crippen LogP contribution in [0.3, 0.4) is 0 Å². The number of aromatic nitrogens is 1. The van der Waals surface area contributed by atoms with Crippen molar-refractivity contribution in [1.82, 2.24) is 9.88 Å². The van der Waals surface area contributed by atoms with Gasteiger partial charge in [-0.2, -0.15) is 5.26 Å². The summed E-state index contributed by atoms with van der Waals surface area (Å²) in [6.45, 7) is 6.12. The number of nitriles is 1. The summed E-state index contributed by atoms with van der Waals surface area (Å²) >= 11 is 1.42. The Labute approximate surface area is 142 Å². The van der Waals surface area contributed by atoms with Crippen LogP contribution in [0.4, 0.5) is 0 Å². The third-order valence-corrected chi connectivity index (χ3v) is 5.67. The van der Waals surface area contributed by atoms with E-state index in [1.807, 2.05) is 11.0 Å². The third-order valence-electron chi connectivity index (χ3n) is 4.69. The number of rotatable bonds is 3. The molecule has 2 heterocycles. The molecule has 1 fully saturated rings. The molecule has 122 valence electrons. The van der Waals surface area contributed by atoms with Crippen molar-refractivity contribution >= 4 is 17.7 Å². The van der Waals surface area contributed by atoms with E-state index in [0.29, 0.717) is 23.2 Å². The molecule has 0 aromatic carbocycles. The van der Waals surface area contributed by atoms with Crippen molar-refractivity contribution < 1.29 is 4.79 Å². The zero-order valence-electron chi connectivity index (χ0n) is 13.8. The Hall–Kier alpha value is -1.54. The number of pyridine rings is 1. The van der Waals surface area contributed by atoms with Crippen molar-refractivity contribution in [3.05, 3.63) is 22.9 Å². The Kier molecular flexibility index (Phi) is 4.91. The summed E-state index contributed by atoms with van der Waals surface area (Å²) in [5.41, 5.74) is 2.93. The summed E-state index contributed by atoms with van der Waals surface area (Å²) in [5.74, 6) is 1.68. The van der Waals surface area contributed by atoms with Gasteiger partial charge in [-0.05, 0) is 49.1 Å². The second-order valence-electron chi connectivity index (χ2n) is 6.95. The van der Waals surface area contributed by atoms with Gasteiger partial charge in [0.15, 0.2) is 0 Å². The van der Waals surface area contributed by atoms with Gasteiger partial charge in [0.25, 0.3) is 0 Å². The van der Waals surface area contributed by atoms with Crippen LogP contribution >= 0.6 is 11.8 Å². The van der Waals surface area contributed by atoms with Gasteiger partial charge in [-0.1, -0.05) is 25.6 Å². The van der Waals surface area contributed by atoms with Gasteiger partial charge in [-0.15, -0.1) is 0 Å². The quantitative estimate of drug-likeness (QED) is 0.800. The number of amides is 1. The van der Waals surface area contributed by atoms with E-state index in [2.05, 4.69) is 24.9 Å². The first kappa shape index (κ1) is 16.3. The molecule has 1 aromatic rings. The maximum Gasteiger partial charge on any atom is 0.233 e. The number of likely N-dealkylation sites (tertiary alicyclic amines) is 1. The minimum atomic E-state index is 0.166. The monoisotopic (exact) mass is 329 g/mol. The van der Waals surface area contributed by atoms with Gasteiger partial charge in [-0.3, -0.25) is 4.79 Å². The van der Waals surface area contributed by atoms with Crippen LogP contribution in [0.5, 0.6) is 0 Å². The number of nitrogens with zero attached hydrogens (tertiary/aromatic N) is 3. The number of carbonyl (C=O) groups excluding carboxylic acids is 1. The molecule has 0 saturated carbocycles. The molecule has 0 N–H and O–H groups in total. The zero-order chi connectivity index (χ0) is 16.4. The third kappa shape index (κ3) is 3.69. The summed E-state index contributed by atoms with van der Waals surface area (Å²) in [7, 11) is 0. The molecule has 1 saturated heterocycles. The van der Waals surface area contributed by atoms with E-state index in [4.69, 9.17) is 0 Å². The zero-order valence-corrected chi connectivity index (χ0v) is 14.7. The van der Waals surface area contributed by atoms with Crippen LogP contribution in [0, 0.1) is 23.2 Å². The maximum absolute atomic E-state index is 12.5. The average molecular weight is 329 g/mol. The topological polar surface area (TPSA) is 57.0 Å². The molecular weight excluding hydrogens is 306 g/mol. The lowest BCUT2D eigenvalue weighted by molar-refractivity contribution is -0.130. The van der Waals surface area contributed by atoms with Crippen molar-refractivity contribution in [2.24, 2.45) is 11.8 Å². The van der Waals surface area contributed by atoms with Crippen LogP contribution < -0.4 is 0 Å². The Morgan fingerprint density at radius 2 is 2.13 bits per heavy atom. The molecule has 1 aliphatic carbocycles. The van der Waals surface area contributed by atoms with Gasteiger partial charge >= 0.3 is 0 Å². The number of aryl methyl sites for hydroxylation is 2. The highest BCUT2D eigenvalue weighted by atomic mass is 32.2. The van der Waals surface area contributed by atoms with E-state index < -0.39 is 0 Å². The number of hydrogen-bond donors (Lipinski definition) is 0. The molecule has 3 rings (SSSR count). The number of fused-ring (bicyclic) bond motifs is 1. The number of carbonyl (C=O) groups is 1. The van der Waals surface area contributed by atoms with Gasteiger partial charge < -0.3 is 4.90 Å². The lowest BCUT2D eigenvalue weighted by Crippen LogP contribution is -2.43. The van der Waals surface area contributed by atoms with E-state index in [0.717, 1.165) is 43.1 Å². The van der Waals surface area contributed by atoms with E-state index in [1.54, 1.807) is 0 Å². The molecule has 2 aliphatic rings. The molecule has 2 unspecified atom stereocenters. The predicted octanol–water partition coefficient (Wildman–Crippen LogP) is 3.04. The lowest BCUT2D eigenvalue weighted by Gasteiger charge is -2.35. The van der Waals surface area contributed by atoms with E-state index in [-0.39, 0.29) is 5.91 Å². The van der Waals surface area contributed by atoms with Crippen molar-refractivity contribution in [1.29, 1.82) is 5.26 Å². The first-order chi connectivity index (χ1) is 11.1. The summed E-state index contributed by atoms with van der Waals surface area (Å²) in [4.78, 5) is 19.1. The minimum absolute atomic E-state index is 0.166. The van der Waals surface area contributed by atoms with Gasteiger partial charge in [0.1, 0.15) is 11.1 Å². The maximum atomic E-state index is 12.5. The number of thioether (sulfide) groups is 1. The number of hydrogen-bond acceptors (Lipinski definition) is 4. The summed E-state index contributed by atoms with van der Waals surface area (Å²) < 4.78 is 0. The van der Waals surface area contributed by atoms with E-state index in [9.17, 15) is 10.1 Å². The van der Waals surface area contributed by atoms with Gasteiger partial charge in [-0.25, -0.2) is 4.98 Å². The van der Waals surface area contributed by atoms with Crippen LogP contribution in [-0.4, -0.2) is 34.6 Å². The molecule has 1 aromatic heterocycles. The average Bonchev–Trinajstić information content (AvgIpc) is 2.97. The Morgan fingerprint density at radius 1 is 1.39 bits per heavy atom. The van der Waals surface area contributed by atoms with Crippen LogP contribution in [0.25, 0.3) is 0 Å². The highest BCUT2D eigenvalue weighted by molar-refractivity contribution is 7.99. The number of piperidine rings is 1. The molecule has 2 atom stereocenters. The largest absolute Gasteiger partial charge is 0.341 e. The molecule has 1 aliphatic heterocycles. The first-order valence-electron chi connectivity index (χ1n) is 8.40. The van der Waals surface area contributed by atoms with Gasteiger partial charge in [0.05, 0.1) is 11.3 Å². The van der Waals surface area contributed by atoms with E-state index >= 15 is 0 Å². The molecular formula is C18H23N3OS. The fourth-order valence-electron chi connectivity index (χ4n) is 3.73. The van der Waals surface area contributed by atoms with Crippen LogP contribution in [0.15, 0.2) is 11.1 Å². The lowest BCUT2D eigenvalue weighted by atomic mass is 9.92. The molecule has 1 amide bonds. The Morgan fingerprint density at radius 3 is 2.83 bits per heavy atom. The fraction of sp³-hybridized carbons (Fsp3) is 0.611. The standard InChI is InChI=1S/C18H23N3OS/c1-12-6-13(2)10-21(9-12)17(22)11-23-18-15(8-19)7-14-4-3-5-16(14)20-18/h7,12-13H,3-6,9-11H2,1-2H3. The Balaban J connectivity index is 1.66. The highest BCUT2D eigenvalue weighted by Gasteiger charge is 2.26. The minimum Gasteiger partial charge on any atom is -0.341 e. The predicted molar refractivity (Wildman–Crippen MR) is 91.2 cm³/mol. The second-order valence-corrected chi connectivity index (χ2v) is 7.91.